The summed E-state index contributed by atoms with van der Waals surface area (Å²) in [6, 6.07) is 6.31. The molecule has 0 saturated carbocycles. The van der Waals surface area contributed by atoms with Crippen LogP contribution in [0.5, 0.6) is 0 Å². The van der Waals surface area contributed by atoms with E-state index in [4.69, 9.17) is 0 Å². The van der Waals surface area contributed by atoms with Crippen molar-refractivity contribution in [1.29, 1.82) is 0 Å². The number of quaternary nitrogens is 1. The number of aryl methyl sites for hydroxylation is 1. The zero-order valence-corrected chi connectivity index (χ0v) is 18.2. The van der Waals surface area contributed by atoms with Crippen molar-refractivity contribution in [2.24, 2.45) is 0 Å². The number of aromatic nitrogens is 1. The Balaban J connectivity index is -0.00000161. The fourth-order valence-corrected chi connectivity index (χ4v) is 3.07. The first-order valence-electron chi connectivity index (χ1n) is 9.87. The molecular formula is C21H42Cl2N2. The van der Waals surface area contributed by atoms with Gasteiger partial charge in [0.15, 0.2) is 12.4 Å². The van der Waals surface area contributed by atoms with Gasteiger partial charge in [-0.15, -0.1) is 0 Å². The Morgan fingerprint density at radius 2 is 0.880 bits per heavy atom. The zero-order valence-electron chi connectivity index (χ0n) is 16.7. The number of nitrogens with zero attached hydrogens (tertiary/aromatic N) is 1. The fourth-order valence-electron chi connectivity index (χ4n) is 3.07. The summed E-state index contributed by atoms with van der Waals surface area (Å²) in [5, 5.41) is 0. The highest BCUT2D eigenvalue weighted by Gasteiger charge is 1.98. The molecule has 2 nitrogen and oxygen atoms in total. The first kappa shape index (κ1) is 29.5. The Morgan fingerprint density at radius 1 is 0.520 bits per heavy atom. The van der Waals surface area contributed by atoms with Crippen LogP contribution in [-0.2, 0) is 6.54 Å². The third-order valence-corrected chi connectivity index (χ3v) is 4.55. The van der Waals surface area contributed by atoms with Gasteiger partial charge in [-0.05, 0) is 6.42 Å². The molecule has 0 bridgehead atoms. The molecule has 1 aromatic heterocycles. The van der Waals surface area contributed by atoms with Gasteiger partial charge in [0, 0.05) is 18.6 Å². The summed E-state index contributed by atoms with van der Waals surface area (Å²) in [5.74, 6) is 0. The lowest BCUT2D eigenvalue weighted by molar-refractivity contribution is -0.697. The van der Waals surface area contributed by atoms with Crippen LogP contribution >= 0.6 is 0 Å². The Labute approximate surface area is 169 Å². The van der Waals surface area contributed by atoms with Gasteiger partial charge < -0.3 is 31.0 Å². The van der Waals surface area contributed by atoms with Gasteiger partial charge in [0.25, 0.3) is 0 Å². The van der Waals surface area contributed by atoms with E-state index in [0.717, 1.165) is 0 Å². The second-order valence-corrected chi connectivity index (χ2v) is 6.71. The lowest BCUT2D eigenvalue weighted by atomic mass is 10.0. The highest BCUT2D eigenvalue weighted by molar-refractivity contribution is 4.83. The van der Waals surface area contributed by atoms with E-state index in [-0.39, 0.29) is 31.0 Å². The van der Waals surface area contributed by atoms with Gasteiger partial charge >= 0.3 is 0 Å². The summed E-state index contributed by atoms with van der Waals surface area (Å²) >= 11 is 0. The van der Waals surface area contributed by atoms with Crippen LogP contribution in [0.25, 0.3) is 0 Å². The van der Waals surface area contributed by atoms with E-state index in [2.05, 4.69) is 42.1 Å². The van der Waals surface area contributed by atoms with E-state index >= 15 is 0 Å². The van der Waals surface area contributed by atoms with Crippen LogP contribution in [0.3, 0.4) is 0 Å². The molecule has 1 rings (SSSR count). The summed E-state index contributed by atoms with van der Waals surface area (Å²) in [7, 11) is 0. The van der Waals surface area contributed by atoms with Crippen LogP contribution in [0.1, 0.15) is 96.8 Å². The molecule has 0 spiro atoms. The van der Waals surface area contributed by atoms with Gasteiger partial charge in [0.05, 0.1) is 0 Å². The van der Waals surface area contributed by atoms with Crippen LogP contribution < -0.4 is 35.5 Å². The lowest BCUT2D eigenvalue weighted by Crippen LogP contribution is -3.00. The predicted molar refractivity (Wildman–Crippen MR) is 103 cm³/mol. The predicted octanol–water partition coefficient (Wildman–Crippen LogP) is 0.840. The van der Waals surface area contributed by atoms with Gasteiger partial charge in [-0.25, -0.2) is 4.57 Å². The maximum Gasteiger partial charge on any atom is 0.168 e. The SMILES string of the molecule is CCCCCCCCCCCCCCCC[n+]1ccccc1.[Cl-].[Cl-].[NH4+]. The Kier molecular flexibility index (Phi) is 27.9. The molecule has 0 aliphatic heterocycles. The molecule has 0 radical (unpaired) electrons. The molecule has 0 fully saturated rings. The summed E-state index contributed by atoms with van der Waals surface area (Å²) in [4.78, 5) is 0. The number of rotatable bonds is 15. The molecule has 4 heteroatoms. The number of halogens is 2. The molecule has 0 unspecified atom stereocenters. The van der Waals surface area contributed by atoms with Crippen molar-refractivity contribution < 1.29 is 29.4 Å². The maximum atomic E-state index is 2.29. The second kappa shape index (κ2) is 23.7. The first-order valence-corrected chi connectivity index (χ1v) is 9.87. The largest absolute Gasteiger partial charge is 1.00 e. The van der Waals surface area contributed by atoms with Gasteiger partial charge in [-0.1, -0.05) is 90.0 Å². The smallest absolute Gasteiger partial charge is 0.168 e. The van der Waals surface area contributed by atoms with Crippen molar-refractivity contribution in [2.75, 3.05) is 0 Å². The van der Waals surface area contributed by atoms with Crippen LogP contribution in [-0.4, -0.2) is 0 Å². The van der Waals surface area contributed by atoms with Gasteiger partial charge in [-0.2, -0.15) is 0 Å². The van der Waals surface area contributed by atoms with Gasteiger partial charge in [0.2, 0.25) is 0 Å². The van der Waals surface area contributed by atoms with Crippen molar-refractivity contribution in [3.63, 3.8) is 0 Å². The molecular weight excluding hydrogens is 351 g/mol. The van der Waals surface area contributed by atoms with Crippen LogP contribution in [0, 0.1) is 0 Å². The average Bonchev–Trinajstić information content (AvgIpc) is 2.56. The zero-order chi connectivity index (χ0) is 15.7. The fraction of sp³-hybridized carbons (Fsp3) is 0.762. The number of unbranched alkanes of at least 4 members (excludes halogenated alkanes) is 13. The van der Waals surface area contributed by atoms with Crippen LogP contribution in [0.2, 0.25) is 0 Å². The summed E-state index contributed by atoms with van der Waals surface area (Å²) in [5.41, 5.74) is 0. The molecule has 0 aliphatic carbocycles. The van der Waals surface area contributed by atoms with E-state index in [1.807, 2.05) is 0 Å². The van der Waals surface area contributed by atoms with Crippen molar-refractivity contribution in [3.8, 4) is 0 Å². The molecule has 150 valence electrons. The molecule has 25 heavy (non-hydrogen) atoms. The minimum absolute atomic E-state index is 0. The third-order valence-electron chi connectivity index (χ3n) is 4.55. The number of hydrogen-bond donors (Lipinski definition) is 1. The van der Waals surface area contributed by atoms with E-state index < -0.39 is 0 Å². The molecule has 0 saturated heterocycles. The quantitative estimate of drug-likeness (QED) is 0.339. The van der Waals surface area contributed by atoms with E-state index in [0.29, 0.717) is 0 Å². The number of pyridine rings is 1. The average molecular weight is 393 g/mol. The molecule has 0 aromatic carbocycles. The minimum Gasteiger partial charge on any atom is -1.00 e. The van der Waals surface area contributed by atoms with Crippen LogP contribution in [0.15, 0.2) is 30.6 Å². The monoisotopic (exact) mass is 392 g/mol. The Morgan fingerprint density at radius 3 is 1.28 bits per heavy atom. The van der Waals surface area contributed by atoms with Gasteiger partial charge in [-0.3, -0.25) is 0 Å². The van der Waals surface area contributed by atoms with E-state index in [9.17, 15) is 0 Å². The Bertz CT molecular complexity index is 334. The van der Waals surface area contributed by atoms with Gasteiger partial charge in [0.1, 0.15) is 6.54 Å². The molecule has 4 N–H and O–H groups in total. The lowest BCUT2D eigenvalue weighted by Gasteiger charge is -2.02. The normalized spacial score (nSPS) is 9.64. The highest BCUT2D eigenvalue weighted by atomic mass is 35.5. The van der Waals surface area contributed by atoms with Crippen molar-refractivity contribution in [2.45, 2.75) is 103 Å². The summed E-state index contributed by atoms with van der Waals surface area (Å²) in [6.07, 6.45) is 24.4. The Hall–Kier alpha value is -0.310. The van der Waals surface area contributed by atoms with Crippen molar-refractivity contribution in [3.05, 3.63) is 30.6 Å². The van der Waals surface area contributed by atoms with Crippen molar-refractivity contribution in [1.82, 2.24) is 6.15 Å². The standard InChI is InChI=1S/C21H38N.2ClH.H3N/c1-2-3-4-5-6-7-8-9-10-11-12-13-14-16-19-22-20-17-15-18-21-22;;;/h15,17-18,20-21H,2-14,16,19H2,1H3;2*1H;1H3/q+1;;;/p-1. The topological polar surface area (TPSA) is 40.4 Å². The molecule has 0 amide bonds. The third kappa shape index (κ3) is 19.9. The number of hydrogen-bond acceptors (Lipinski definition) is 0. The summed E-state index contributed by atoms with van der Waals surface area (Å²) < 4.78 is 2.29. The molecule has 0 atom stereocenters. The second-order valence-electron chi connectivity index (χ2n) is 6.71. The molecule has 1 aromatic rings. The minimum atomic E-state index is 0. The van der Waals surface area contributed by atoms with E-state index in [1.54, 1.807) is 0 Å². The highest BCUT2D eigenvalue weighted by Crippen LogP contribution is 2.12. The first-order chi connectivity index (χ1) is 10.9. The van der Waals surface area contributed by atoms with E-state index in [1.165, 1.54) is 96.4 Å². The molecule has 1 heterocycles. The molecule has 0 aliphatic rings. The maximum absolute atomic E-state index is 2.29. The van der Waals surface area contributed by atoms with Crippen LogP contribution in [0.4, 0.5) is 0 Å². The summed E-state index contributed by atoms with van der Waals surface area (Å²) in [6.45, 7) is 3.47. The van der Waals surface area contributed by atoms with Crippen molar-refractivity contribution >= 4 is 0 Å².